The van der Waals surface area contributed by atoms with Gasteiger partial charge in [0, 0.05) is 18.5 Å². The smallest absolute Gasteiger partial charge is 0.339 e. The molecule has 0 bridgehead atoms. The summed E-state index contributed by atoms with van der Waals surface area (Å²) < 4.78 is 5.21. The van der Waals surface area contributed by atoms with Gasteiger partial charge in [0.05, 0.1) is 35.1 Å². The molecule has 1 aliphatic heterocycles. The average Bonchev–Trinajstić information content (AvgIpc) is 2.80. The molecule has 4 N–H and O–H groups in total. The van der Waals surface area contributed by atoms with Crippen molar-refractivity contribution >= 4 is 23.3 Å². The van der Waals surface area contributed by atoms with Gasteiger partial charge < -0.3 is 25.6 Å². The van der Waals surface area contributed by atoms with Gasteiger partial charge in [-0.1, -0.05) is 23.7 Å². The molecular formula is C24H28ClN3O4. The summed E-state index contributed by atoms with van der Waals surface area (Å²) in [6.45, 7) is 1.99. The van der Waals surface area contributed by atoms with E-state index in [0.717, 1.165) is 31.5 Å². The van der Waals surface area contributed by atoms with Crippen LogP contribution in [-0.2, 0) is 6.42 Å². The van der Waals surface area contributed by atoms with E-state index >= 15 is 0 Å². The van der Waals surface area contributed by atoms with Crippen molar-refractivity contribution in [2.75, 3.05) is 32.1 Å². The normalized spacial score (nSPS) is 16.1. The zero-order chi connectivity index (χ0) is 23.1. The standard InChI is InChI=1S/C24H28ClN3O4/c1-32-22-13-21(20(25)12-19(22)23(29)30)28-15-18(24(31)8-10-27-11-9-24)7-6-16-2-4-17(14-26)5-3-16/h2-5,12-13,18,27-28,31H,6-11,15H2,1H3,(H,29,30). The monoisotopic (exact) mass is 457 g/mol. The number of hydrogen-bond acceptors (Lipinski definition) is 6. The quantitative estimate of drug-likeness (QED) is 0.454. The van der Waals surface area contributed by atoms with Crippen molar-refractivity contribution in [3.63, 3.8) is 0 Å². The fraction of sp³-hybridized carbons (Fsp3) is 0.417. The van der Waals surface area contributed by atoms with Crippen molar-refractivity contribution < 1.29 is 19.7 Å². The molecule has 0 radical (unpaired) electrons. The highest BCUT2D eigenvalue weighted by atomic mass is 35.5. The van der Waals surface area contributed by atoms with Gasteiger partial charge >= 0.3 is 5.97 Å². The highest BCUT2D eigenvalue weighted by molar-refractivity contribution is 6.33. The largest absolute Gasteiger partial charge is 0.496 e. The van der Waals surface area contributed by atoms with Gasteiger partial charge in [0.1, 0.15) is 11.3 Å². The molecule has 1 unspecified atom stereocenters. The van der Waals surface area contributed by atoms with E-state index in [0.29, 0.717) is 30.6 Å². The molecule has 0 amide bonds. The first-order valence-electron chi connectivity index (χ1n) is 10.6. The van der Waals surface area contributed by atoms with Crippen LogP contribution in [0, 0.1) is 17.2 Å². The number of carboxylic acid groups (broad SMARTS) is 1. The lowest BCUT2D eigenvalue weighted by Gasteiger charge is -2.40. The number of anilines is 1. The van der Waals surface area contributed by atoms with Crippen LogP contribution in [0.1, 0.15) is 40.7 Å². The van der Waals surface area contributed by atoms with Gasteiger partial charge in [0.25, 0.3) is 0 Å². The lowest BCUT2D eigenvalue weighted by molar-refractivity contribution is -0.0418. The predicted molar refractivity (Wildman–Crippen MR) is 123 cm³/mol. The molecule has 0 saturated carbocycles. The Labute approximate surface area is 193 Å². The molecule has 1 saturated heterocycles. The number of rotatable bonds is 9. The lowest BCUT2D eigenvalue weighted by Crippen LogP contribution is -2.49. The molecule has 1 heterocycles. The summed E-state index contributed by atoms with van der Waals surface area (Å²) in [5.74, 6) is -0.944. The first-order valence-corrected chi connectivity index (χ1v) is 11.0. The number of piperidine rings is 1. The molecule has 1 atom stereocenters. The number of methoxy groups -OCH3 is 1. The van der Waals surface area contributed by atoms with Gasteiger partial charge in [-0.2, -0.15) is 5.26 Å². The Kier molecular flexibility index (Phi) is 7.97. The van der Waals surface area contributed by atoms with Crippen LogP contribution in [0.4, 0.5) is 5.69 Å². The first-order chi connectivity index (χ1) is 15.4. The molecule has 32 heavy (non-hydrogen) atoms. The summed E-state index contributed by atoms with van der Waals surface area (Å²) in [6.07, 6.45) is 2.82. The maximum Gasteiger partial charge on any atom is 0.339 e. The fourth-order valence-corrected chi connectivity index (χ4v) is 4.40. The Morgan fingerprint density at radius 1 is 1.31 bits per heavy atom. The maximum atomic E-state index is 11.4. The molecule has 3 rings (SSSR count). The van der Waals surface area contributed by atoms with Crippen LogP contribution in [0.5, 0.6) is 5.75 Å². The zero-order valence-corrected chi connectivity index (χ0v) is 18.8. The molecule has 0 spiro atoms. The second kappa shape index (κ2) is 10.7. The second-order valence-electron chi connectivity index (χ2n) is 8.12. The van der Waals surface area contributed by atoms with Crippen molar-refractivity contribution in [1.29, 1.82) is 5.26 Å². The van der Waals surface area contributed by atoms with E-state index in [-0.39, 0.29) is 22.3 Å². The van der Waals surface area contributed by atoms with Gasteiger partial charge in [0.15, 0.2) is 0 Å². The van der Waals surface area contributed by atoms with Gasteiger partial charge in [0.2, 0.25) is 0 Å². The Balaban J connectivity index is 1.76. The summed E-state index contributed by atoms with van der Waals surface area (Å²) in [7, 11) is 1.41. The van der Waals surface area contributed by atoms with E-state index in [9.17, 15) is 15.0 Å². The van der Waals surface area contributed by atoms with Crippen LogP contribution >= 0.6 is 11.6 Å². The van der Waals surface area contributed by atoms with Crippen molar-refractivity contribution in [3.8, 4) is 11.8 Å². The van der Waals surface area contributed by atoms with Crippen LogP contribution in [-0.4, -0.2) is 48.5 Å². The highest BCUT2D eigenvalue weighted by Gasteiger charge is 2.37. The summed E-state index contributed by atoms with van der Waals surface area (Å²) in [6, 6.07) is 12.6. The second-order valence-corrected chi connectivity index (χ2v) is 8.52. The van der Waals surface area contributed by atoms with E-state index in [2.05, 4.69) is 16.7 Å². The zero-order valence-electron chi connectivity index (χ0n) is 18.0. The Hall–Kier alpha value is -2.79. The molecule has 170 valence electrons. The predicted octanol–water partition coefficient (Wildman–Crippen LogP) is 3.69. The Bertz CT molecular complexity index is 982. The van der Waals surface area contributed by atoms with E-state index in [1.54, 1.807) is 18.2 Å². The minimum absolute atomic E-state index is 0.00241. The van der Waals surface area contributed by atoms with Crippen LogP contribution < -0.4 is 15.4 Å². The summed E-state index contributed by atoms with van der Waals surface area (Å²) >= 11 is 6.33. The van der Waals surface area contributed by atoms with Gasteiger partial charge in [-0.25, -0.2) is 4.79 Å². The molecule has 2 aromatic rings. The van der Waals surface area contributed by atoms with Crippen LogP contribution in [0.3, 0.4) is 0 Å². The number of benzene rings is 2. The third-order valence-corrected chi connectivity index (χ3v) is 6.47. The molecule has 1 fully saturated rings. The number of carbonyl (C=O) groups is 1. The molecule has 7 nitrogen and oxygen atoms in total. The number of carboxylic acids is 1. The maximum absolute atomic E-state index is 11.4. The number of nitrogens with zero attached hydrogens (tertiary/aromatic N) is 1. The summed E-state index contributed by atoms with van der Waals surface area (Å²) in [5.41, 5.74) is 1.48. The van der Waals surface area contributed by atoms with Crippen molar-refractivity contribution in [3.05, 3.63) is 58.1 Å². The van der Waals surface area contributed by atoms with Crippen molar-refractivity contribution in [2.45, 2.75) is 31.3 Å². The van der Waals surface area contributed by atoms with Gasteiger partial charge in [-0.15, -0.1) is 0 Å². The molecular weight excluding hydrogens is 430 g/mol. The molecule has 8 heteroatoms. The number of halogens is 1. The SMILES string of the molecule is COc1cc(NCC(CCc2ccc(C#N)cc2)C2(O)CCNCC2)c(Cl)cc1C(=O)O. The number of nitrogens with one attached hydrogen (secondary N) is 2. The third-order valence-electron chi connectivity index (χ3n) is 6.15. The fourth-order valence-electron chi connectivity index (χ4n) is 4.17. The minimum Gasteiger partial charge on any atom is -0.496 e. The minimum atomic E-state index is -1.11. The number of aliphatic hydroxyl groups is 1. The Morgan fingerprint density at radius 3 is 2.59 bits per heavy atom. The number of aryl methyl sites for hydroxylation is 1. The third kappa shape index (κ3) is 5.71. The molecule has 1 aliphatic rings. The van der Waals surface area contributed by atoms with Crippen molar-refractivity contribution in [1.82, 2.24) is 5.32 Å². The Morgan fingerprint density at radius 2 is 2.00 bits per heavy atom. The molecule has 2 aromatic carbocycles. The van der Waals surface area contributed by atoms with E-state index in [4.69, 9.17) is 21.6 Å². The summed E-state index contributed by atoms with van der Waals surface area (Å²) in [5, 5.41) is 36.6. The summed E-state index contributed by atoms with van der Waals surface area (Å²) in [4.78, 5) is 11.4. The van der Waals surface area contributed by atoms with E-state index < -0.39 is 11.6 Å². The van der Waals surface area contributed by atoms with Crippen LogP contribution in [0.15, 0.2) is 36.4 Å². The number of ether oxygens (including phenoxy) is 1. The van der Waals surface area contributed by atoms with E-state index in [1.165, 1.54) is 13.2 Å². The van der Waals surface area contributed by atoms with Gasteiger partial charge in [-0.3, -0.25) is 0 Å². The number of aromatic carboxylic acids is 1. The van der Waals surface area contributed by atoms with Gasteiger partial charge in [-0.05, 0) is 62.5 Å². The van der Waals surface area contributed by atoms with Crippen LogP contribution in [0.2, 0.25) is 5.02 Å². The lowest BCUT2D eigenvalue weighted by atomic mass is 9.77. The van der Waals surface area contributed by atoms with Crippen LogP contribution in [0.25, 0.3) is 0 Å². The molecule has 0 aromatic heterocycles. The van der Waals surface area contributed by atoms with E-state index in [1.807, 2.05) is 12.1 Å². The van der Waals surface area contributed by atoms with Crippen molar-refractivity contribution in [2.24, 2.45) is 5.92 Å². The first kappa shape index (κ1) is 23.9. The number of hydrogen-bond donors (Lipinski definition) is 4. The average molecular weight is 458 g/mol. The molecule has 0 aliphatic carbocycles. The topological polar surface area (TPSA) is 115 Å². The highest BCUT2D eigenvalue weighted by Crippen LogP contribution is 2.34. The number of nitriles is 1.